The molecule has 0 aliphatic carbocycles. The average Bonchev–Trinajstić information content (AvgIpc) is 2.16. The fraction of sp³-hybridized carbons (Fsp3) is 0.889. The van der Waals surface area contributed by atoms with Gasteiger partial charge in [0.15, 0.2) is 0 Å². The first-order chi connectivity index (χ1) is 6.54. The number of ether oxygens (including phenoxy) is 1. The van der Waals surface area contributed by atoms with E-state index in [1.54, 1.807) is 14.0 Å². The van der Waals surface area contributed by atoms with E-state index in [1.807, 2.05) is 0 Å². The first-order valence-electron chi connectivity index (χ1n) is 4.50. The van der Waals surface area contributed by atoms with Crippen LogP contribution in [0.3, 0.4) is 0 Å². The van der Waals surface area contributed by atoms with Crippen LogP contribution >= 0.6 is 0 Å². The molecule has 0 radical (unpaired) electrons. The summed E-state index contributed by atoms with van der Waals surface area (Å²) in [5.41, 5.74) is -0.589. The summed E-state index contributed by atoms with van der Waals surface area (Å²) in [6.07, 6.45) is -1.23. The van der Waals surface area contributed by atoms with Crippen molar-refractivity contribution in [1.29, 1.82) is 5.26 Å². The Morgan fingerprint density at radius 3 is 2.64 bits per heavy atom. The quantitative estimate of drug-likeness (QED) is 0.643. The van der Waals surface area contributed by atoms with E-state index < -0.39 is 18.6 Å². The van der Waals surface area contributed by atoms with Gasteiger partial charge in [0, 0.05) is 6.61 Å². The molecular weight excluding hydrogens is 190 g/mol. The molecule has 0 aromatic heterocycles. The third kappa shape index (κ3) is 5.84. The van der Waals surface area contributed by atoms with Crippen molar-refractivity contribution >= 4 is 0 Å². The molecule has 0 aliphatic heterocycles. The molecule has 0 aromatic carbocycles. The summed E-state index contributed by atoms with van der Waals surface area (Å²) in [7, 11) is 1.70. The van der Waals surface area contributed by atoms with Crippen molar-refractivity contribution in [3.05, 3.63) is 0 Å². The van der Waals surface area contributed by atoms with Gasteiger partial charge in [0.2, 0.25) is 0 Å². The Balaban J connectivity index is 3.49. The molecule has 1 atom stereocenters. The van der Waals surface area contributed by atoms with Gasteiger partial charge in [-0.25, -0.2) is 8.78 Å². The molecule has 0 bridgehead atoms. The van der Waals surface area contributed by atoms with Gasteiger partial charge in [-0.2, -0.15) is 5.26 Å². The predicted octanol–water partition coefficient (Wildman–Crippen LogP) is 1.55. The van der Waals surface area contributed by atoms with Gasteiger partial charge >= 0.3 is 0 Å². The number of hydrogen-bond acceptors (Lipinski definition) is 3. The average molecular weight is 206 g/mol. The maximum absolute atomic E-state index is 11.6. The van der Waals surface area contributed by atoms with Crippen LogP contribution in [-0.4, -0.2) is 32.2 Å². The van der Waals surface area contributed by atoms with Crippen molar-refractivity contribution in [2.24, 2.45) is 0 Å². The van der Waals surface area contributed by atoms with Crippen LogP contribution < -0.4 is 5.32 Å². The van der Waals surface area contributed by atoms with E-state index in [2.05, 4.69) is 11.4 Å². The number of rotatable bonds is 7. The second-order valence-corrected chi connectivity index (χ2v) is 3.26. The summed E-state index contributed by atoms with van der Waals surface area (Å²) < 4.78 is 28.0. The molecule has 0 saturated carbocycles. The predicted molar refractivity (Wildman–Crippen MR) is 49.1 cm³/mol. The van der Waals surface area contributed by atoms with E-state index in [4.69, 9.17) is 10.00 Å². The monoisotopic (exact) mass is 206 g/mol. The topological polar surface area (TPSA) is 45.0 Å². The van der Waals surface area contributed by atoms with Gasteiger partial charge in [0.25, 0.3) is 6.43 Å². The largest absolute Gasteiger partial charge is 0.376 e. The zero-order chi connectivity index (χ0) is 11.0. The Hall–Kier alpha value is -0.730. The van der Waals surface area contributed by atoms with Crippen molar-refractivity contribution < 1.29 is 13.5 Å². The van der Waals surface area contributed by atoms with Crippen LogP contribution in [0.25, 0.3) is 0 Å². The lowest BCUT2D eigenvalue weighted by atomic mass is 9.98. The van der Waals surface area contributed by atoms with Crippen molar-refractivity contribution in [1.82, 2.24) is 5.32 Å². The second kappa shape index (κ2) is 6.68. The van der Waals surface area contributed by atoms with E-state index in [0.717, 1.165) is 0 Å². The highest BCUT2D eigenvalue weighted by Crippen LogP contribution is 2.10. The zero-order valence-corrected chi connectivity index (χ0v) is 8.52. The van der Waals surface area contributed by atoms with Crippen LogP contribution in [0.15, 0.2) is 0 Å². The van der Waals surface area contributed by atoms with Gasteiger partial charge in [-0.15, -0.1) is 0 Å². The summed E-state index contributed by atoms with van der Waals surface area (Å²) in [6.45, 7) is 1.51. The molecule has 0 fully saturated rings. The van der Waals surface area contributed by atoms with Gasteiger partial charge < -0.3 is 10.1 Å². The van der Waals surface area contributed by atoms with Crippen LogP contribution in [0.5, 0.6) is 0 Å². The minimum atomic E-state index is -2.42. The van der Waals surface area contributed by atoms with Gasteiger partial charge in [-0.1, -0.05) is 0 Å². The third-order valence-corrected chi connectivity index (χ3v) is 2.01. The normalized spacial score (nSPS) is 15.1. The summed E-state index contributed by atoms with van der Waals surface area (Å²) in [6, 6.07) is 2.11. The summed E-state index contributed by atoms with van der Waals surface area (Å²) >= 11 is 0. The highest BCUT2D eigenvalue weighted by molar-refractivity contribution is 5.02. The SMILES string of the molecule is CNC(C)(C#N)CCCOCC(F)F. The standard InChI is InChI=1S/C9H16F2N2O/c1-9(7-12,13-2)4-3-5-14-6-8(10)11/h8,13H,3-6H2,1-2H3. The van der Waals surface area contributed by atoms with E-state index >= 15 is 0 Å². The first-order valence-corrected chi connectivity index (χ1v) is 4.50. The molecule has 0 saturated heterocycles. The summed E-state index contributed by atoms with van der Waals surface area (Å²) in [5, 5.41) is 11.6. The molecular formula is C9H16F2N2O. The number of nitrogens with one attached hydrogen (secondary N) is 1. The highest BCUT2D eigenvalue weighted by atomic mass is 19.3. The first kappa shape index (κ1) is 13.3. The maximum Gasteiger partial charge on any atom is 0.261 e. The number of alkyl halides is 2. The molecule has 82 valence electrons. The Morgan fingerprint density at radius 1 is 1.57 bits per heavy atom. The fourth-order valence-corrected chi connectivity index (χ4v) is 0.937. The molecule has 1 N–H and O–H groups in total. The number of hydrogen-bond donors (Lipinski definition) is 1. The van der Waals surface area contributed by atoms with E-state index in [1.165, 1.54) is 0 Å². The molecule has 0 amide bonds. The van der Waals surface area contributed by atoms with Crippen molar-refractivity contribution in [3.8, 4) is 6.07 Å². The maximum atomic E-state index is 11.6. The number of halogens is 2. The highest BCUT2D eigenvalue weighted by Gasteiger charge is 2.19. The summed E-state index contributed by atoms with van der Waals surface area (Å²) in [4.78, 5) is 0. The van der Waals surface area contributed by atoms with Crippen LogP contribution in [0.1, 0.15) is 19.8 Å². The van der Waals surface area contributed by atoms with Gasteiger partial charge in [-0.3, -0.25) is 0 Å². The van der Waals surface area contributed by atoms with Crippen LogP contribution in [0.4, 0.5) is 8.78 Å². The van der Waals surface area contributed by atoms with Gasteiger partial charge in [-0.05, 0) is 26.8 Å². The van der Waals surface area contributed by atoms with Crippen LogP contribution in [-0.2, 0) is 4.74 Å². The van der Waals surface area contributed by atoms with E-state index in [9.17, 15) is 8.78 Å². The lowest BCUT2D eigenvalue weighted by Crippen LogP contribution is -2.38. The smallest absolute Gasteiger partial charge is 0.261 e. The molecule has 5 heteroatoms. The molecule has 0 heterocycles. The van der Waals surface area contributed by atoms with Crippen LogP contribution in [0, 0.1) is 11.3 Å². The molecule has 1 unspecified atom stereocenters. The molecule has 0 spiro atoms. The van der Waals surface area contributed by atoms with E-state index in [-0.39, 0.29) is 6.61 Å². The van der Waals surface area contributed by atoms with Crippen LogP contribution in [0.2, 0.25) is 0 Å². The van der Waals surface area contributed by atoms with Gasteiger partial charge in [0.05, 0.1) is 6.07 Å². The lowest BCUT2D eigenvalue weighted by Gasteiger charge is -2.20. The Morgan fingerprint density at radius 2 is 2.21 bits per heavy atom. The minimum Gasteiger partial charge on any atom is -0.376 e. The van der Waals surface area contributed by atoms with Crippen molar-refractivity contribution in [3.63, 3.8) is 0 Å². The zero-order valence-electron chi connectivity index (χ0n) is 8.52. The number of nitrogens with zero attached hydrogens (tertiary/aromatic N) is 1. The third-order valence-electron chi connectivity index (χ3n) is 2.01. The molecule has 0 aliphatic rings. The Bertz CT molecular complexity index is 194. The van der Waals surface area contributed by atoms with Crippen molar-refractivity contribution in [2.75, 3.05) is 20.3 Å². The number of nitriles is 1. The van der Waals surface area contributed by atoms with Gasteiger partial charge in [0.1, 0.15) is 12.1 Å². The molecule has 0 aromatic rings. The fourth-order valence-electron chi connectivity index (χ4n) is 0.937. The minimum absolute atomic E-state index is 0.267. The lowest BCUT2D eigenvalue weighted by molar-refractivity contribution is 0.0153. The summed E-state index contributed by atoms with van der Waals surface area (Å²) in [5.74, 6) is 0. The second-order valence-electron chi connectivity index (χ2n) is 3.26. The molecule has 3 nitrogen and oxygen atoms in total. The molecule has 14 heavy (non-hydrogen) atoms. The Labute approximate surface area is 83.0 Å². The molecule has 0 rings (SSSR count). The van der Waals surface area contributed by atoms with Crippen molar-refractivity contribution in [2.45, 2.75) is 31.7 Å². The Kier molecular flexibility index (Phi) is 6.34. The van der Waals surface area contributed by atoms with E-state index in [0.29, 0.717) is 12.8 Å².